The van der Waals surface area contributed by atoms with Crippen molar-refractivity contribution in [2.24, 2.45) is 5.41 Å². The highest BCUT2D eigenvalue weighted by molar-refractivity contribution is 6.99. The van der Waals surface area contributed by atoms with Crippen LogP contribution in [0, 0.1) is 5.41 Å². The number of fused-ring (bicyclic) bond motifs is 11. The van der Waals surface area contributed by atoms with Gasteiger partial charge >= 0.3 is 0 Å². The summed E-state index contributed by atoms with van der Waals surface area (Å²) in [6.07, 6.45) is 7.27. The third-order valence-corrected chi connectivity index (χ3v) is 20.7. The van der Waals surface area contributed by atoms with Gasteiger partial charge in [-0.1, -0.05) is 214 Å². The van der Waals surface area contributed by atoms with Crippen molar-refractivity contribution in [3.63, 3.8) is 0 Å². The molecular formula is C75H71BN2O. The monoisotopic (exact) mass is 1030 g/mol. The van der Waals surface area contributed by atoms with E-state index in [1.54, 1.807) is 11.1 Å². The third-order valence-electron chi connectivity index (χ3n) is 20.7. The van der Waals surface area contributed by atoms with Crippen LogP contribution in [0.5, 0.6) is 0 Å². The largest absolute Gasteiger partial charge is 0.454 e. The lowest BCUT2D eigenvalue weighted by molar-refractivity contribution is 0.0926. The van der Waals surface area contributed by atoms with Gasteiger partial charge in [0.2, 0.25) is 6.71 Å². The molecule has 3 nitrogen and oxygen atoms in total. The first kappa shape index (κ1) is 48.6. The minimum atomic E-state index is -0.0242. The quantitative estimate of drug-likeness (QED) is 0.155. The van der Waals surface area contributed by atoms with Crippen molar-refractivity contribution in [1.82, 2.24) is 0 Å². The van der Waals surface area contributed by atoms with E-state index in [4.69, 9.17) is 4.42 Å². The lowest BCUT2D eigenvalue weighted by atomic mass is 9.30. The SMILES string of the molecule is CC(C)(C)c1ccc(N(c2ccc3c(c2)N(c2cc4c(cc2-c2ccccc2)C(C)(C)CCC4(C)C)c2cc(-c4ccccc4)cc4c2B3c2cccc3c2C4C2(C)CCCCC32C)c2cccc3c2oc2ccccc23)cc1. The molecule has 3 aliphatic carbocycles. The molecule has 5 aliphatic rings. The first-order valence-electron chi connectivity index (χ1n) is 29.4. The molecule has 15 rings (SSSR count). The number of furan rings is 1. The molecule has 390 valence electrons. The Labute approximate surface area is 468 Å². The van der Waals surface area contributed by atoms with Crippen molar-refractivity contribution in [1.29, 1.82) is 0 Å². The van der Waals surface area contributed by atoms with Crippen LogP contribution in [0.4, 0.5) is 34.1 Å². The summed E-state index contributed by atoms with van der Waals surface area (Å²) < 4.78 is 6.97. The Hall–Kier alpha value is -7.56. The van der Waals surface area contributed by atoms with Crippen LogP contribution in [-0.2, 0) is 21.7 Å². The Balaban J connectivity index is 1.08. The zero-order chi connectivity index (χ0) is 54.0. The second-order valence-electron chi connectivity index (χ2n) is 27.0. The van der Waals surface area contributed by atoms with Gasteiger partial charge < -0.3 is 14.2 Å². The Morgan fingerprint density at radius 2 is 1.18 bits per heavy atom. The van der Waals surface area contributed by atoms with E-state index in [1.807, 2.05) is 0 Å². The molecule has 9 aromatic carbocycles. The van der Waals surface area contributed by atoms with Gasteiger partial charge in [0, 0.05) is 45.0 Å². The van der Waals surface area contributed by atoms with Gasteiger partial charge in [-0.05, 0) is 168 Å². The average molecular weight is 1030 g/mol. The summed E-state index contributed by atoms with van der Waals surface area (Å²) in [4.78, 5) is 5.23. The molecule has 0 bridgehead atoms. The summed E-state index contributed by atoms with van der Waals surface area (Å²) in [5.41, 5.74) is 27.1. The fourth-order valence-corrected chi connectivity index (χ4v) is 16.1. The van der Waals surface area contributed by atoms with Crippen molar-refractivity contribution >= 4 is 79.2 Å². The molecule has 1 saturated carbocycles. The minimum Gasteiger partial charge on any atom is -0.454 e. The molecule has 3 atom stereocenters. The first-order chi connectivity index (χ1) is 38.0. The van der Waals surface area contributed by atoms with Crippen LogP contribution in [0.3, 0.4) is 0 Å². The predicted octanol–water partition coefficient (Wildman–Crippen LogP) is 18.6. The molecule has 2 aliphatic heterocycles. The summed E-state index contributed by atoms with van der Waals surface area (Å²) in [6, 6.07) is 72.5. The number of nitrogens with zero attached hydrogens (tertiary/aromatic N) is 2. The standard InChI is InChI=1S/C75H71BN2O/c1-71(2,3)50-32-34-51(35-33-50)77(62-30-20-27-54-53-26-16-17-31-66(53)79-70(54)62)52-36-37-60-64(44-52)78(63-46-59-58(72(4,5)40-41-73(59,6)7)45-55(63)48-24-14-11-15-25-48)65-43-49(47-22-12-10-13-23-47)42-56-68-67-57(28-21-29-61(67)76(60)69(56)65)74(8)38-18-19-39-75(68,74)9/h10-17,20-37,42-46,68H,18-19,38-41H2,1-9H3. The molecular weight excluding hydrogens is 956 g/mol. The van der Waals surface area contributed by atoms with Gasteiger partial charge in [-0.2, -0.15) is 0 Å². The van der Waals surface area contributed by atoms with Gasteiger partial charge in [-0.15, -0.1) is 0 Å². The van der Waals surface area contributed by atoms with Crippen LogP contribution in [0.25, 0.3) is 44.2 Å². The summed E-state index contributed by atoms with van der Waals surface area (Å²) in [7, 11) is 0. The number of hydrogen-bond acceptors (Lipinski definition) is 3. The van der Waals surface area contributed by atoms with Gasteiger partial charge in [-0.25, -0.2) is 0 Å². The minimum absolute atomic E-state index is 0.00235. The van der Waals surface area contributed by atoms with Crippen LogP contribution >= 0.6 is 0 Å². The van der Waals surface area contributed by atoms with E-state index < -0.39 is 0 Å². The van der Waals surface area contributed by atoms with Crippen molar-refractivity contribution in [3.05, 3.63) is 221 Å². The fraction of sp³-hybridized carbons (Fsp3) is 0.280. The van der Waals surface area contributed by atoms with Gasteiger partial charge in [0.15, 0.2) is 5.58 Å². The number of rotatable bonds is 6. The zero-order valence-corrected chi connectivity index (χ0v) is 47.6. The molecule has 0 saturated heterocycles. The summed E-state index contributed by atoms with van der Waals surface area (Å²) in [5.74, 6) is 0.271. The predicted molar refractivity (Wildman–Crippen MR) is 335 cm³/mol. The molecule has 3 unspecified atom stereocenters. The molecule has 0 spiro atoms. The van der Waals surface area contributed by atoms with Gasteiger partial charge in [0.25, 0.3) is 0 Å². The van der Waals surface area contributed by atoms with Crippen molar-refractivity contribution < 1.29 is 4.42 Å². The maximum atomic E-state index is 6.97. The van der Waals surface area contributed by atoms with Crippen molar-refractivity contribution in [2.75, 3.05) is 9.80 Å². The molecule has 79 heavy (non-hydrogen) atoms. The topological polar surface area (TPSA) is 19.6 Å². The fourth-order valence-electron chi connectivity index (χ4n) is 16.1. The van der Waals surface area contributed by atoms with Crippen LogP contribution in [0.15, 0.2) is 192 Å². The Morgan fingerprint density at radius 3 is 1.92 bits per heavy atom. The highest BCUT2D eigenvalue weighted by atomic mass is 16.3. The van der Waals surface area contributed by atoms with Crippen LogP contribution in [0.2, 0.25) is 0 Å². The van der Waals surface area contributed by atoms with E-state index in [0.29, 0.717) is 0 Å². The van der Waals surface area contributed by atoms with Gasteiger partial charge in [-0.3, -0.25) is 0 Å². The second-order valence-corrected chi connectivity index (χ2v) is 27.0. The van der Waals surface area contributed by atoms with Crippen LogP contribution < -0.4 is 26.2 Å². The molecule has 4 heteroatoms. The number of para-hydroxylation sites is 2. The summed E-state index contributed by atoms with van der Waals surface area (Å²) in [5, 5.41) is 2.24. The van der Waals surface area contributed by atoms with E-state index in [-0.39, 0.29) is 39.7 Å². The van der Waals surface area contributed by atoms with E-state index in [2.05, 4.69) is 260 Å². The maximum absolute atomic E-state index is 6.97. The Bertz CT molecular complexity index is 4120. The smallest absolute Gasteiger partial charge is 0.247 e. The molecule has 1 fully saturated rings. The molecule has 0 N–H and O–H groups in total. The van der Waals surface area contributed by atoms with E-state index in [0.717, 1.165) is 51.8 Å². The average Bonchev–Trinajstić information content (AvgIpc) is 3.03. The first-order valence-corrected chi connectivity index (χ1v) is 29.4. The summed E-state index contributed by atoms with van der Waals surface area (Å²) >= 11 is 0. The molecule has 3 heterocycles. The third kappa shape index (κ3) is 6.98. The van der Waals surface area contributed by atoms with E-state index >= 15 is 0 Å². The van der Waals surface area contributed by atoms with Gasteiger partial charge in [0.1, 0.15) is 5.58 Å². The van der Waals surface area contributed by atoms with E-state index in [9.17, 15) is 0 Å². The molecule has 10 aromatic rings. The summed E-state index contributed by atoms with van der Waals surface area (Å²) in [6.45, 7) is 22.2. The number of anilines is 6. The van der Waals surface area contributed by atoms with Crippen molar-refractivity contribution in [3.8, 4) is 22.3 Å². The maximum Gasteiger partial charge on any atom is 0.247 e. The normalized spacial score (nSPS) is 21.1. The lowest BCUT2D eigenvalue weighted by Crippen LogP contribution is -2.62. The zero-order valence-electron chi connectivity index (χ0n) is 47.6. The Kier molecular flexibility index (Phi) is 10.4. The number of hydrogen-bond donors (Lipinski definition) is 0. The number of benzene rings is 9. The highest BCUT2D eigenvalue weighted by Gasteiger charge is 2.62. The van der Waals surface area contributed by atoms with Crippen molar-refractivity contribution in [2.45, 2.75) is 128 Å². The second kappa shape index (κ2) is 17.0. The Morgan fingerprint density at radius 1 is 0.519 bits per heavy atom. The molecule has 0 amide bonds. The lowest BCUT2D eigenvalue weighted by Gasteiger charge is -2.51. The van der Waals surface area contributed by atoms with Crippen LogP contribution in [-0.4, -0.2) is 6.71 Å². The van der Waals surface area contributed by atoms with Gasteiger partial charge in [0.05, 0.1) is 11.4 Å². The highest BCUT2D eigenvalue weighted by Crippen LogP contribution is 2.68. The molecule has 0 radical (unpaired) electrons. The van der Waals surface area contributed by atoms with Crippen LogP contribution in [0.1, 0.15) is 140 Å². The molecule has 1 aromatic heterocycles. The van der Waals surface area contributed by atoms with E-state index in [1.165, 1.54) is 104 Å².